The van der Waals surface area contributed by atoms with Crippen molar-refractivity contribution in [1.29, 1.82) is 5.26 Å². The molecule has 0 bridgehead atoms. The molecule has 0 saturated carbocycles. The van der Waals surface area contributed by atoms with Crippen molar-refractivity contribution in [3.8, 4) is 6.07 Å². The minimum Gasteiger partial charge on any atom is -0.302 e. The third-order valence-electron chi connectivity index (χ3n) is 3.07. The Balaban J connectivity index is 1.80. The average Bonchev–Trinajstić information content (AvgIpc) is 2.80. The zero-order valence-corrected chi connectivity index (χ0v) is 9.67. The first-order valence-electron chi connectivity index (χ1n) is 5.53. The fourth-order valence-corrected chi connectivity index (χ4v) is 3.07. The summed E-state index contributed by atoms with van der Waals surface area (Å²) in [6.45, 7) is 3.27. The largest absolute Gasteiger partial charge is 0.302 e. The van der Waals surface area contributed by atoms with Gasteiger partial charge in [0.05, 0.1) is 6.07 Å². The van der Waals surface area contributed by atoms with Gasteiger partial charge in [0.15, 0.2) is 0 Å². The van der Waals surface area contributed by atoms with Gasteiger partial charge in [0.2, 0.25) is 0 Å². The SMILES string of the molecule is N#CCCN1CCC(c2cccs2)CC1. The molecule has 1 aromatic rings. The van der Waals surface area contributed by atoms with Crippen LogP contribution in [0.3, 0.4) is 0 Å². The van der Waals surface area contributed by atoms with Crippen LogP contribution in [0, 0.1) is 11.3 Å². The fourth-order valence-electron chi connectivity index (χ4n) is 2.17. The Labute approximate surface area is 95.1 Å². The Kier molecular flexibility index (Phi) is 3.76. The molecule has 0 atom stereocenters. The maximum atomic E-state index is 8.52. The summed E-state index contributed by atoms with van der Waals surface area (Å²) < 4.78 is 0. The number of thiophene rings is 1. The molecule has 0 aliphatic carbocycles. The molecule has 0 aromatic carbocycles. The summed E-state index contributed by atoms with van der Waals surface area (Å²) in [7, 11) is 0. The first-order chi connectivity index (χ1) is 7.40. The number of nitrogens with zero attached hydrogens (tertiary/aromatic N) is 2. The van der Waals surface area contributed by atoms with Gasteiger partial charge in [-0.25, -0.2) is 0 Å². The third-order valence-corrected chi connectivity index (χ3v) is 4.11. The quantitative estimate of drug-likeness (QED) is 0.783. The first kappa shape index (κ1) is 10.7. The van der Waals surface area contributed by atoms with E-state index >= 15 is 0 Å². The standard InChI is InChI=1S/C12H16N2S/c13-6-2-7-14-8-4-11(5-9-14)12-3-1-10-15-12/h1,3,10-11H,2,4-5,7-9H2. The highest BCUT2D eigenvalue weighted by Crippen LogP contribution is 2.30. The number of likely N-dealkylation sites (tertiary alicyclic amines) is 1. The molecule has 1 aromatic heterocycles. The predicted molar refractivity (Wildman–Crippen MR) is 63.0 cm³/mol. The van der Waals surface area contributed by atoms with Gasteiger partial charge in [-0.05, 0) is 43.3 Å². The van der Waals surface area contributed by atoms with Crippen LogP contribution in [0.15, 0.2) is 17.5 Å². The summed E-state index contributed by atoms with van der Waals surface area (Å²) in [5.41, 5.74) is 0. The molecule has 80 valence electrons. The van der Waals surface area contributed by atoms with Crippen LogP contribution in [-0.2, 0) is 0 Å². The Bertz CT molecular complexity index is 318. The van der Waals surface area contributed by atoms with Gasteiger partial charge in [0.1, 0.15) is 0 Å². The topological polar surface area (TPSA) is 27.0 Å². The molecule has 0 unspecified atom stereocenters. The van der Waals surface area contributed by atoms with Gasteiger partial charge in [-0.3, -0.25) is 0 Å². The van der Waals surface area contributed by atoms with Crippen molar-refractivity contribution in [2.45, 2.75) is 25.2 Å². The fraction of sp³-hybridized carbons (Fsp3) is 0.583. The number of piperidine rings is 1. The van der Waals surface area contributed by atoms with Crippen LogP contribution in [0.2, 0.25) is 0 Å². The molecule has 1 aliphatic heterocycles. The van der Waals surface area contributed by atoms with Crippen molar-refractivity contribution in [1.82, 2.24) is 4.90 Å². The number of hydrogen-bond donors (Lipinski definition) is 0. The van der Waals surface area contributed by atoms with E-state index in [4.69, 9.17) is 5.26 Å². The number of nitriles is 1. The van der Waals surface area contributed by atoms with E-state index in [1.165, 1.54) is 17.7 Å². The van der Waals surface area contributed by atoms with Crippen LogP contribution in [0.1, 0.15) is 30.1 Å². The molecular formula is C12H16N2S. The van der Waals surface area contributed by atoms with E-state index in [1.807, 2.05) is 11.3 Å². The van der Waals surface area contributed by atoms with E-state index < -0.39 is 0 Å². The Morgan fingerprint density at radius 2 is 2.27 bits per heavy atom. The second-order valence-electron chi connectivity index (χ2n) is 4.04. The van der Waals surface area contributed by atoms with Gasteiger partial charge in [-0.1, -0.05) is 6.07 Å². The summed E-state index contributed by atoms with van der Waals surface area (Å²) in [4.78, 5) is 3.95. The van der Waals surface area contributed by atoms with E-state index in [1.54, 1.807) is 0 Å². The summed E-state index contributed by atoms with van der Waals surface area (Å²) in [5.74, 6) is 0.767. The van der Waals surface area contributed by atoms with Gasteiger partial charge in [-0.15, -0.1) is 11.3 Å². The van der Waals surface area contributed by atoms with Crippen LogP contribution in [0.4, 0.5) is 0 Å². The molecular weight excluding hydrogens is 204 g/mol. The predicted octanol–water partition coefficient (Wildman–Crippen LogP) is 2.84. The average molecular weight is 220 g/mol. The maximum Gasteiger partial charge on any atom is 0.0635 e. The minimum absolute atomic E-state index is 0.670. The van der Waals surface area contributed by atoms with Gasteiger partial charge in [0.25, 0.3) is 0 Å². The second kappa shape index (κ2) is 5.29. The van der Waals surface area contributed by atoms with Crippen LogP contribution in [-0.4, -0.2) is 24.5 Å². The number of rotatable bonds is 3. The highest BCUT2D eigenvalue weighted by atomic mass is 32.1. The van der Waals surface area contributed by atoms with Crippen LogP contribution >= 0.6 is 11.3 Å². The van der Waals surface area contributed by atoms with Gasteiger partial charge >= 0.3 is 0 Å². The molecule has 0 N–H and O–H groups in total. The molecule has 0 amide bonds. The summed E-state index contributed by atoms with van der Waals surface area (Å²) in [6.07, 6.45) is 3.18. The molecule has 0 radical (unpaired) electrons. The minimum atomic E-state index is 0.670. The Morgan fingerprint density at radius 1 is 1.47 bits per heavy atom. The summed E-state index contributed by atoms with van der Waals surface area (Å²) in [5, 5.41) is 10.7. The van der Waals surface area contributed by atoms with Crippen LogP contribution < -0.4 is 0 Å². The van der Waals surface area contributed by atoms with Crippen molar-refractivity contribution in [2.75, 3.05) is 19.6 Å². The van der Waals surface area contributed by atoms with Crippen LogP contribution in [0.5, 0.6) is 0 Å². The van der Waals surface area contributed by atoms with Crippen LogP contribution in [0.25, 0.3) is 0 Å². The molecule has 1 fully saturated rings. The molecule has 0 spiro atoms. The summed E-state index contributed by atoms with van der Waals surface area (Å²) >= 11 is 1.88. The third kappa shape index (κ3) is 2.80. The number of hydrogen-bond acceptors (Lipinski definition) is 3. The highest BCUT2D eigenvalue weighted by molar-refractivity contribution is 7.10. The molecule has 1 saturated heterocycles. The first-order valence-corrected chi connectivity index (χ1v) is 6.41. The normalized spacial score (nSPS) is 18.9. The molecule has 3 heteroatoms. The van der Waals surface area contributed by atoms with Gasteiger partial charge in [0, 0.05) is 17.8 Å². The lowest BCUT2D eigenvalue weighted by Crippen LogP contribution is -2.33. The molecule has 1 aliphatic rings. The van der Waals surface area contributed by atoms with Crippen molar-refractivity contribution >= 4 is 11.3 Å². The Morgan fingerprint density at radius 3 is 2.87 bits per heavy atom. The zero-order valence-electron chi connectivity index (χ0n) is 8.85. The zero-order chi connectivity index (χ0) is 10.5. The van der Waals surface area contributed by atoms with Crippen molar-refractivity contribution in [2.24, 2.45) is 0 Å². The van der Waals surface area contributed by atoms with E-state index in [0.29, 0.717) is 6.42 Å². The van der Waals surface area contributed by atoms with Gasteiger partial charge < -0.3 is 4.90 Å². The molecule has 2 heterocycles. The summed E-state index contributed by atoms with van der Waals surface area (Å²) in [6, 6.07) is 6.61. The molecule has 2 rings (SSSR count). The smallest absolute Gasteiger partial charge is 0.0635 e. The highest BCUT2D eigenvalue weighted by Gasteiger charge is 2.20. The van der Waals surface area contributed by atoms with E-state index in [0.717, 1.165) is 25.6 Å². The van der Waals surface area contributed by atoms with E-state index in [9.17, 15) is 0 Å². The lowest BCUT2D eigenvalue weighted by atomic mass is 9.95. The van der Waals surface area contributed by atoms with Crippen molar-refractivity contribution in [3.63, 3.8) is 0 Å². The maximum absolute atomic E-state index is 8.52. The van der Waals surface area contributed by atoms with E-state index in [2.05, 4.69) is 28.5 Å². The molecule has 15 heavy (non-hydrogen) atoms. The van der Waals surface area contributed by atoms with Gasteiger partial charge in [-0.2, -0.15) is 5.26 Å². The Hall–Kier alpha value is -0.850. The molecule has 2 nitrogen and oxygen atoms in total. The monoisotopic (exact) mass is 220 g/mol. The second-order valence-corrected chi connectivity index (χ2v) is 5.02. The van der Waals surface area contributed by atoms with Crippen molar-refractivity contribution < 1.29 is 0 Å². The lowest BCUT2D eigenvalue weighted by molar-refractivity contribution is 0.217. The van der Waals surface area contributed by atoms with Crippen molar-refractivity contribution in [3.05, 3.63) is 22.4 Å². The lowest BCUT2D eigenvalue weighted by Gasteiger charge is -2.30. The van der Waals surface area contributed by atoms with E-state index in [-0.39, 0.29) is 0 Å².